The van der Waals surface area contributed by atoms with Crippen LogP contribution in [0.1, 0.15) is 28.7 Å². The third-order valence-corrected chi connectivity index (χ3v) is 6.43. The number of carbonyl (C=O) groups is 1. The van der Waals surface area contributed by atoms with Crippen molar-refractivity contribution in [3.8, 4) is 0 Å². The summed E-state index contributed by atoms with van der Waals surface area (Å²) >= 11 is 0. The van der Waals surface area contributed by atoms with Crippen LogP contribution in [-0.4, -0.2) is 54.9 Å². The maximum absolute atomic E-state index is 13.9. The number of carbonyl (C=O) groups excluding carboxylic acids is 1. The highest BCUT2D eigenvalue weighted by atomic mass is 32.2. The van der Waals surface area contributed by atoms with Crippen LogP contribution in [0.25, 0.3) is 0 Å². The standard InChI is InChI=1S/C17H19F2N3O4S/c1-3-14-16(11(2)26-20-14)17(23)21-6-8-22(9-7-21)27(24,25)15-10-12(18)4-5-13(15)19/h4-5,10H,3,6-9H2,1-2H3. The van der Waals surface area contributed by atoms with Gasteiger partial charge in [0.05, 0.1) is 5.69 Å². The van der Waals surface area contributed by atoms with Gasteiger partial charge < -0.3 is 9.42 Å². The average molecular weight is 399 g/mol. The lowest BCUT2D eigenvalue weighted by Crippen LogP contribution is -2.50. The predicted molar refractivity (Wildman–Crippen MR) is 91.6 cm³/mol. The van der Waals surface area contributed by atoms with Gasteiger partial charge in [0.25, 0.3) is 5.91 Å². The van der Waals surface area contributed by atoms with Crippen molar-refractivity contribution >= 4 is 15.9 Å². The number of nitrogens with zero attached hydrogens (tertiary/aromatic N) is 3. The summed E-state index contributed by atoms with van der Waals surface area (Å²) in [5.41, 5.74) is 0.944. The van der Waals surface area contributed by atoms with Crippen molar-refractivity contribution in [1.82, 2.24) is 14.4 Å². The van der Waals surface area contributed by atoms with E-state index in [-0.39, 0.29) is 32.1 Å². The molecule has 0 bridgehead atoms. The van der Waals surface area contributed by atoms with Gasteiger partial charge in [0, 0.05) is 26.2 Å². The average Bonchev–Trinajstić information content (AvgIpc) is 3.03. The SMILES string of the molecule is CCc1noc(C)c1C(=O)N1CCN(S(=O)(=O)c2cc(F)ccc2F)CC1. The Morgan fingerprint density at radius 2 is 1.89 bits per heavy atom. The van der Waals surface area contributed by atoms with E-state index in [1.165, 1.54) is 4.90 Å². The minimum atomic E-state index is -4.19. The number of aryl methyl sites for hydroxylation is 2. The van der Waals surface area contributed by atoms with Gasteiger partial charge in [-0.3, -0.25) is 4.79 Å². The molecule has 1 saturated heterocycles. The van der Waals surface area contributed by atoms with Crippen molar-refractivity contribution in [2.45, 2.75) is 25.2 Å². The predicted octanol–water partition coefficient (Wildman–Crippen LogP) is 1.97. The van der Waals surface area contributed by atoms with E-state index in [0.29, 0.717) is 29.5 Å². The van der Waals surface area contributed by atoms with Gasteiger partial charge in [-0.05, 0) is 31.5 Å². The van der Waals surface area contributed by atoms with Gasteiger partial charge in [0.1, 0.15) is 27.9 Å². The number of piperazine rings is 1. The fraction of sp³-hybridized carbons (Fsp3) is 0.412. The number of benzene rings is 1. The topological polar surface area (TPSA) is 83.7 Å². The van der Waals surface area contributed by atoms with Crippen LogP contribution in [0.15, 0.2) is 27.6 Å². The van der Waals surface area contributed by atoms with E-state index in [1.807, 2.05) is 6.92 Å². The molecule has 10 heteroatoms. The number of aromatic nitrogens is 1. The van der Waals surface area contributed by atoms with E-state index in [4.69, 9.17) is 4.52 Å². The molecule has 1 fully saturated rings. The molecular weight excluding hydrogens is 380 g/mol. The molecule has 0 unspecified atom stereocenters. The van der Waals surface area contributed by atoms with Crippen LogP contribution < -0.4 is 0 Å². The van der Waals surface area contributed by atoms with E-state index in [0.717, 1.165) is 16.4 Å². The molecule has 0 atom stereocenters. The molecule has 3 rings (SSSR count). The Bertz CT molecular complexity index is 967. The molecule has 1 aromatic carbocycles. The van der Waals surface area contributed by atoms with Crippen molar-refractivity contribution in [1.29, 1.82) is 0 Å². The Hall–Kier alpha value is -2.33. The van der Waals surface area contributed by atoms with Crippen LogP contribution in [0.5, 0.6) is 0 Å². The second kappa shape index (κ2) is 7.35. The minimum Gasteiger partial charge on any atom is -0.361 e. The lowest BCUT2D eigenvalue weighted by molar-refractivity contribution is 0.0695. The van der Waals surface area contributed by atoms with E-state index in [9.17, 15) is 22.0 Å². The lowest BCUT2D eigenvalue weighted by atomic mass is 10.1. The van der Waals surface area contributed by atoms with Crippen LogP contribution >= 0.6 is 0 Å². The second-order valence-electron chi connectivity index (χ2n) is 6.19. The Morgan fingerprint density at radius 1 is 1.22 bits per heavy atom. The van der Waals surface area contributed by atoms with Gasteiger partial charge in [-0.2, -0.15) is 4.31 Å². The highest BCUT2D eigenvalue weighted by Gasteiger charge is 2.34. The lowest BCUT2D eigenvalue weighted by Gasteiger charge is -2.34. The summed E-state index contributed by atoms with van der Waals surface area (Å²) in [7, 11) is -4.19. The number of halogens is 2. The fourth-order valence-electron chi connectivity index (χ4n) is 3.04. The monoisotopic (exact) mass is 399 g/mol. The number of amides is 1. The minimum absolute atomic E-state index is 0.0180. The van der Waals surface area contributed by atoms with Gasteiger partial charge in [0.15, 0.2) is 0 Å². The molecule has 1 aliphatic heterocycles. The molecule has 1 aliphatic rings. The van der Waals surface area contributed by atoms with Crippen LogP contribution in [0.4, 0.5) is 8.78 Å². The molecule has 2 heterocycles. The third-order valence-electron chi connectivity index (χ3n) is 4.52. The van der Waals surface area contributed by atoms with Gasteiger partial charge >= 0.3 is 0 Å². The van der Waals surface area contributed by atoms with Crippen LogP contribution in [0.2, 0.25) is 0 Å². The highest BCUT2D eigenvalue weighted by molar-refractivity contribution is 7.89. The molecular formula is C17H19F2N3O4S. The van der Waals surface area contributed by atoms with Crippen molar-refractivity contribution < 1.29 is 26.5 Å². The van der Waals surface area contributed by atoms with Crippen molar-refractivity contribution in [2.75, 3.05) is 26.2 Å². The molecule has 0 N–H and O–H groups in total. The first kappa shape index (κ1) is 19.4. The Balaban J connectivity index is 1.76. The first-order valence-electron chi connectivity index (χ1n) is 8.45. The molecule has 0 saturated carbocycles. The maximum atomic E-state index is 13.9. The van der Waals surface area contributed by atoms with Gasteiger partial charge in [-0.1, -0.05) is 12.1 Å². The van der Waals surface area contributed by atoms with E-state index >= 15 is 0 Å². The fourth-order valence-corrected chi connectivity index (χ4v) is 4.54. The normalized spacial score (nSPS) is 15.9. The summed E-state index contributed by atoms with van der Waals surface area (Å²) in [6.07, 6.45) is 0.533. The van der Waals surface area contributed by atoms with E-state index < -0.39 is 26.6 Å². The number of sulfonamides is 1. The zero-order valence-electron chi connectivity index (χ0n) is 14.9. The third kappa shape index (κ3) is 3.59. The Labute approximate surface area is 155 Å². The summed E-state index contributed by atoms with van der Waals surface area (Å²) in [4.78, 5) is 13.5. The zero-order valence-corrected chi connectivity index (χ0v) is 15.7. The van der Waals surface area contributed by atoms with Gasteiger partial charge in [-0.25, -0.2) is 17.2 Å². The summed E-state index contributed by atoms with van der Waals surface area (Å²) in [6, 6.07) is 2.30. The second-order valence-corrected chi connectivity index (χ2v) is 8.09. The number of hydrogen-bond donors (Lipinski definition) is 0. The molecule has 27 heavy (non-hydrogen) atoms. The van der Waals surface area contributed by atoms with Gasteiger partial charge in [0.2, 0.25) is 10.0 Å². The first-order chi connectivity index (χ1) is 12.8. The quantitative estimate of drug-likeness (QED) is 0.785. The first-order valence-corrected chi connectivity index (χ1v) is 9.89. The molecule has 0 radical (unpaired) electrons. The largest absolute Gasteiger partial charge is 0.361 e. The molecule has 1 amide bonds. The Morgan fingerprint density at radius 3 is 2.52 bits per heavy atom. The molecule has 0 spiro atoms. The zero-order chi connectivity index (χ0) is 19.8. The molecule has 2 aromatic rings. The summed E-state index contributed by atoms with van der Waals surface area (Å²) < 4.78 is 58.6. The van der Waals surface area contributed by atoms with Crippen LogP contribution in [0.3, 0.4) is 0 Å². The smallest absolute Gasteiger partial charge is 0.259 e. The van der Waals surface area contributed by atoms with Crippen molar-refractivity contribution in [3.05, 3.63) is 46.9 Å². The summed E-state index contributed by atoms with van der Waals surface area (Å²) in [5.74, 6) is -1.71. The highest BCUT2D eigenvalue weighted by Crippen LogP contribution is 2.23. The summed E-state index contributed by atoms with van der Waals surface area (Å²) in [5, 5.41) is 3.86. The Kier molecular flexibility index (Phi) is 5.29. The maximum Gasteiger partial charge on any atom is 0.259 e. The van der Waals surface area contributed by atoms with Crippen LogP contribution in [0, 0.1) is 18.6 Å². The van der Waals surface area contributed by atoms with Crippen molar-refractivity contribution in [2.24, 2.45) is 0 Å². The molecule has 1 aromatic heterocycles. The molecule has 146 valence electrons. The van der Waals surface area contributed by atoms with Crippen molar-refractivity contribution in [3.63, 3.8) is 0 Å². The molecule has 0 aliphatic carbocycles. The van der Waals surface area contributed by atoms with E-state index in [1.54, 1.807) is 6.92 Å². The number of hydrogen-bond acceptors (Lipinski definition) is 5. The number of rotatable bonds is 4. The van der Waals surface area contributed by atoms with E-state index in [2.05, 4.69) is 5.16 Å². The molecule has 7 nitrogen and oxygen atoms in total. The van der Waals surface area contributed by atoms with Gasteiger partial charge in [-0.15, -0.1) is 0 Å². The summed E-state index contributed by atoms with van der Waals surface area (Å²) in [6.45, 7) is 3.72. The van der Waals surface area contributed by atoms with Crippen LogP contribution in [-0.2, 0) is 16.4 Å².